The number of para-hydroxylation sites is 1. The van der Waals surface area contributed by atoms with Gasteiger partial charge in [-0.1, -0.05) is 59.4 Å². The van der Waals surface area contributed by atoms with Crippen LogP contribution in [0.4, 0.5) is 5.69 Å². The van der Waals surface area contributed by atoms with E-state index in [0.717, 1.165) is 5.56 Å². The van der Waals surface area contributed by atoms with E-state index in [0.29, 0.717) is 28.1 Å². The highest BCUT2D eigenvalue weighted by Gasteiger charge is 2.14. The van der Waals surface area contributed by atoms with E-state index in [-0.39, 0.29) is 0 Å². The van der Waals surface area contributed by atoms with Crippen LogP contribution >= 0.6 is 11.8 Å². The molecule has 0 amide bonds. The zero-order chi connectivity index (χ0) is 16.8. The van der Waals surface area contributed by atoms with Crippen LogP contribution in [0, 0.1) is 11.5 Å². The molecular weight excluding hydrogens is 322 g/mol. The highest BCUT2D eigenvalue weighted by Crippen LogP contribution is 2.30. The molecule has 0 bridgehead atoms. The SMILES string of the molecule is CSC(=Nc1ccccc1-c1nc(-c2ccccc2)no1)NC#N. The number of aromatic nitrogens is 2. The second-order valence-corrected chi connectivity index (χ2v) is 5.46. The number of benzene rings is 2. The average Bonchev–Trinajstić information content (AvgIpc) is 3.12. The fourth-order valence-corrected chi connectivity index (χ4v) is 2.41. The summed E-state index contributed by atoms with van der Waals surface area (Å²) in [5.74, 6) is 0.898. The molecule has 1 N–H and O–H groups in total. The zero-order valence-electron chi connectivity index (χ0n) is 12.8. The van der Waals surface area contributed by atoms with E-state index >= 15 is 0 Å². The van der Waals surface area contributed by atoms with Crippen molar-refractivity contribution in [3.8, 4) is 29.0 Å². The molecule has 0 radical (unpaired) electrons. The Morgan fingerprint density at radius 1 is 1.17 bits per heavy atom. The molecule has 1 aromatic heterocycles. The number of nitriles is 1. The van der Waals surface area contributed by atoms with Gasteiger partial charge in [-0.25, -0.2) is 4.99 Å². The van der Waals surface area contributed by atoms with Gasteiger partial charge in [0, 0.05) is 5.56 Å². The molecule has 0 saturated heterocycles. The largest absolute Gasteiger partial charge is 0.334 e. The molecule has 3 rings (SSSR count). The number of rotatable bonds is 3. The molecule has 0 aliphatic carbocycles. The summed E-state index contributed by atoms with van der Waals surface area (Å²) in [5, 5.41) is 15.8. The van der Waals surface area contributed by atoms with Gasteiger partial charge >= 0.3 is 0 Å². The number of thioether (sulfide) groups is 1. The molecule has 0 unspecified atom stereocenters. The first kappa shape index (κ1) is 15.8. The highest BCUT2D eigenvalue weighted by atomic mass is 32.2. The van der Waals surface area contributed by atoms with Crippen molar-refractivity contribution in [2.75, 3.05) is 6.26 Å². The third-order valence-electron chi connectivity index (χ3n) is 3.17. The summed E-state index contributed by atoms with van der Waals surface area (Å²) in [7, 11) is 0. The first-order chi connectivity index (χ1) is 11.8. The minimum atomic E-state index is 0.380. The van der Waals surface area contributed by atoms with Crippen LogP contribution in [0.1, 0.15) is 0 Å². The molecule has 1 heterocycles. The number of aliphatic imine (C=N–C) groups is 1. The van der Waals surface area contributed by atoms with Crippen molar-refractivity contribution in [2.45, 2.75) is 0 Å². The molecule has 0 aliphatic rings. The van der Waals surface area contributed by atoms with Crippen molar-refractivity contribution < 1.29 is 4.52 Å². The number of amidine groups is 1. The predicted molar refractivity (Wildman–Crippen MR) is 94.5 cm³/mol. The number of hydrogen-bond acceptors (Lipinski definition) is 6. The summed E-state index contributed by atoms with van der Waals surface area (Å²) in [6.07, 6.45) is 3.71. The van der Waals surface area contributed by atoms with E-state index in [1.807, 2.05) is 67.0 Å². The lowest BCUT2D eigenvalue weighted by molar-refractivity contribution is 0.432. The van der Waals surface area contributed by atoms with Crippen molar-refractivity contribution in [1.29, 1.82) is 5.26 Å². The van der Waals surface area contributed by atoms with E-state index < -0.39 is 0 Å². The van der Waals surface area contributed by atoms with E-state index in [1.165, 1.54) is 11.8 Å². The Kier molecular flexibility index (Phi) is 4.89. The fourth-order valence-electron chi connectivity index (χ4n) is 2.07. The minimum absolute atomic E-state index is 0.380. The normalized spacial score (nSPS) is 11.1. The van der Waals surface area contributed by atoms with Crippen molar-refractivity contribution in [2.24, 2.45) is 4.99 Å². The summed E-state index contributed by atoms with van der Waals surface area (Å²) in [6.45, 7) is 0. The minimum Gasteiger partial charge on any atom is -0.334 e. The van der Waals surface area contributed by atoms with Crippen molar-refractivity contribution in [1.82, 2.24) is 15.5 Å². The van der Waals surface area contributed by atoms with Crippen molar-refractivity contribution in [3.05, 3.63) is 54.6 Å². The Labute approximate surface area is 143 Å². The average molecular weight is 335 g/mol. The van der Waals surface area contributed by atoms with Crippen LogP contribution in [0.5, 0.6) is 0 Å². The van der Waals surface area contributed by atoms with E-state index in [9.17, 15) is 0 Å². The second-order valence-electron chi connectivity index (χ2n) is 4.66. The van der Waals surface area contributed by atoms with Gasteiger partial charge in [-0.15, -0.1) is 0 Å². The Morgan fingerprint density at radius 2 is 1.92 bits per heavy atom. The van der Waals surface area contributed by atoms with Gasteiger partial charge in [-0.2, -0.15) is 10.2 Å². The maximum atomic E-state index is 8.77. The molecule has 118 valence electrons. The Hall–Kier alpha value is -3.11. The zero-order valence-corrected chi connectivity index (χ0v) is 13.6. The third-order valence-corrected chi connectivity index (χ3v) is 3.75. The van der Waals surface area contributed by atoms with Crippen LogP contribution in [0.15, 0.2) is 64.1 Å². The molecule has 6 nitrogen and oxygen atoms in total. The summed E-state index contributed by atoms with van der Waals surface area (Å²) in [5.41, 5.74) is 2.23. The lowest BCUT2D eigenvalue weighted by Crippen LogP contribution is -2.12. The van der Waals surface area contributed by atoms with Crippen LogP contribution in [0.2, 0.25) is 0 Å². The van der Waals surface area contributed by atoms with Crippen LogP contribution in [0.25, 0.3) is 22.8 Å². The molecule has 0 saturated carbocycles. The van der Waals surface area contributed by atoms with E-state index in [4.69, 9.17) is 9.78 Å². The lowest BCUT2D eigenvalue weighted by Gasteiger charge is -2.03. The topological polar surface area (TPSA) is 87.1 Å². The fraction of sp³-hybridized carbons (Fsp3) is 0.0588. The van der Waals surface area contributed by atoms with Gasteiger partial charge < -0.3 is 4.52 Å². The monoisotopic (exact) mass is 335 g/mol. The standard InChI is InChI=1S/C17H13N5OS/c1-24-17(19-11-18)20-14-10-6-5-9-13(14)16-21-15(22-23-16)12-7-3-2-4-8-12/h2-10H,1H3,(H,19,20). The number of nitrogens with zero attached hydrogens (tertiary/aromatic N) is 4. The lowest BCUT2D eigenvalue weighted by atomic mass is 10.2. The maximum absolute atomic E-state index is 8.77. The molecule has 0 spiro atoms. The maximum Gasteiger partial charge on any atom is 0.260 e. The summed E-state index contributed by atoms with van der Waals surface area (Å²) >= 11 is 1.35. The molecule has 3 aromatic rings. The van der Waals surface area contributed by atoms with Crippen LogP contribution in [0.3, 0.4) is 0 Å². The van der Waals surface area contributed by atoms with Crippen molar-refractivity contribution >= 4 is 22.6 Å². The molecule has 0 aliphatic heterocycles. The first-order valence-electron chi connectivity index (χ1n) is 7.08. The van der Waals surface area contributed by atoms with E-state index in [2.05, 4.69) is 20.4 Å². The Balaban J connectivity index is 1.99. The molecule has 24 heavy (non-hydrogen) atoms. The summed E-state index contributed by atoms with van der Waals surface area (Å²) in [4.78, 5) is 8.89. The quantitative estimate of drug-likeness (QED) is 0.339. The summed E-state index contributed by atoms with van der Waals surface area (Å²) in [6, 6.07) is 17.0. The van der Waals surface area contributed by atoms with Gasteiger partial charge in [-0.05, 0) is 18.4 Å². The van der Waals surface area contributed by atoms with E-state index in [1.54, 1.807) is 0 Å². The predicted octanol–water partition coefficient (Wildman–Crippen LogP) is 3.82. The molecule has 0 atom stereocenters. The third kappa shape index (κ3) is 3.45. The molecule has 2 aromatic carbocycles. The van der Waals surface area contributed by atoms with Crippen LogP contribution < -0.4 is 5.32 Å². The van der Waals surface area contributed by atoms with Crippen molar-refractivity contribution in [3.63, 3.8) is 0 Å². The number of nitrogens with one attached hydrogen (secondary N) is 1. The molecule has 7 heteroatoms. The second kappa shape index (κ2) is 7.44. The highest BCUT2D eigenvalue weighted by molar-refractivity contribution is 8.13. The summed E-state index contributed by atoms with van der Waals surface area (Å²) < 4.78 is 5.40. The van der Waals surface area contributed by atoms with Crippen LogP contribution in [-0.4, -0.2) is 21.6 Å². The van der Waals surface area contributed by atoms with Crippen LogP contribution in [-0.2, 0) is 0 Å². The van der Waals surface area contributed by atoms with Gasteiger partial charge in [-0.3, -0.25) is 5.32 Å². The Bertz CT molecular complexity index is 899. The molecular formula is C17H13N5OS. The van der Waals surface area contributed by atoms with Gasteiger partial charge in [0.15, 0.2) is 11.4 Å². The van der Waals surface area contributed by atoms with Gasteiger partial charge in [0.05, 0.1) is 11.3 Å². The van der Waals surface area contributed by atoms with Gasteiger partial charge in [0.2, 0.25) is 5.82 Å². The smallest absolute Gasteiger partial charge is 0.260 e. The first-order valence-corrected chi connectivity index (χ1v) is 8.30. The molecule has 0 fully saturated rings. The van der Waals surface area contributed by atoms with Gasteiger partial charge in [0.25, 0.3) is 5.89 Å². The van der Waals surface area contributed by atoms with Gasteiger partial charge in [0.1, 0.15) is 0 Å². The Morgan fingerprint density at radius 3 is 2.67 bits per heavy atom. The number of hydrogen-bond donors (Lipinski definition) is 1.